The first-order valence-corrected chi connectivity index (χ1v) is 9.76. The lowest BCUT2D eigenvalue weighted by atomic mass is 10.00. The van der Waals surface area contributed by atoms with Gasteiger partial charge in [-0.05, 0) is 48.0 Å². The normalized spacial score (nSPS) is 12.5. The average Bonchev–Trinajstić information content (AvgIpc) is 3.36. The van der Waals surface area contributed by atoms with Gasteiger partial charge in [0.2, 0.25) is 0 Å². The second-order valence-corrected chi connectivity index (χ2v) is 7.30. The summed E-state index contributed by atoms with van der Waals surface area (Å²) < 4.78 is 17.1. The quantitative estimate of drug-likeness (QED) is 0.404. The largest absolute Gasteiger partial charge is 0.384 e. The van der Waals surface area contributed by atoms with Gasteiger partial charge in [0.05, 0.1) is 17.4 Å². The predicted octanol–water partition coefficient (Wildman–Crippen LogP) is 5.39. The minimum absolute atomic E-state index is 0.281. The van der Waals surface area contributed by atoms with Crippen molar-refractivity contribution in [3.05, 3.63) is 109 Å². The zero-order chi connectivity index (χ0) is 20.7. The summed E-state index contributed by atoms with van der Waals surface area (Å²) in [5.74, 6) is -0.281. The van der Waals surface area contributed by atoms with Crippen LogP contribution in [0.25, 0.3) is 27.5 Å². The number of aliphatic hydroxyl groups excluding tert-OH is 1. The van der Waals surface area contributed by atoms with Crippen molar-refractivity contribution in [2.45, 2.75) is 12.6 Å². The molecule has 148 valence electrons. The van der Waals surface area contributed by atoms with Gasteiger partial charge >= 0.3 is 0 Å². The monoisotopic (exact) mass is 397 g/mol. The SMILES string of the molecule is C=CCn1cc(C(O)c2ccc3c(cnn3-c3ccc(F)cc3)c2)c2ccccc21. The van der Waals surface area contributed by atoms with Crippen molar-refractivity contribution in [3.8, 4) is 5.69 Å². The molecule has 1 N–H and O–H groups in total. The Kier molecular flexibility index (Phi) is 4.45. The number of aromatic nitrogens is 3. The van der Waals surface area contributed by atoms with Crippen molar-refractivity contribution in [1.29, 1.82) is 0 Å². The minimum Gasteiger partial charge on any atom is -0.384 e. The fourth-order valence-electron chi connectivity index (χ4n) is 3.97. The minimum atomic E-state index is -0.764. The van der Waals surface area contributed by atoms with E-state index in [4.69, 9.17) is 0 Å². The van der Waals surface area contributed by atoms with Crippen molar-refractivity contribution >= 4 is 21.8 Å². The molecule has 0 aliphatic heterocycles. The van der Waals surface area contributed by atoms with Crippen molar-refractivity contribution in [2.75, 3.05) is 0 Å². The van der Waals surface area contributed by atoms with Gasteiger partial charge in [-0.1, -0.05) is 30.3 Å². The Morgan fingerprint density at radius 3 is 2.63 bits per heavy atom. The zero-order valence-electron chi connectivity index (χ0n) is 16.2. The van der Waals surface area contributed by atoms with E-state index < -0.39 is 6.10 Å². The number of para-hydroxylation sites is 1. The molecule has 0 saturated carbocycles. The van der Waals surface area contributed by atoms with Gasteiger partial charge in [0.15, 0.2) is 0 Å². The lowest BCUT2D eigenvalue weighted by Crippen LogP contribution is -2.00. The van der Waals surface area contributed by atoms with Gasteiger partial charge in [-0.15, -0.1) is 6.58 Å². The Morgan fingerprint density at radius 2 is 1.83 bits per heavy atom. The molecular formula is C25H20FN3O. The van der Waals surface area contributed by atoms with Crippen molar-refractivity contribution in [2.24, 2.45) is 0 Å². The van der Waals surface area contributed by atoms with Crippen LogP contribution in [0.5, 0.6) is 0 Å². The second-order valence-electron chi connectivity index (χ2n) is 7.30. The molecule has 1 unspecified atom stereocenters. The molecule has 4 nitrogen and oxygen atoms in total. The summed E-state index contributed by atoms with van der Waals surface area (Å²) in [6, 6.07) is 20.1. The van der Waals surface area contributed by atoms with Gasteiger partial charge < -0.3 is 9.67 Å². The van der Waals surface area contributed by atoms with Crippen LogP contribution in [0.15, 0.2) is 91.8 Å². The first-order chi connectivity index (χ1) is 14.7. The molecular weight excluding hydrogens is 377 g/mol. The summed E-state index contributed by atoms with van der Waals surface area (Å²) in [6.45, 7) is 4.51. The topological polar surface area (TPSA) is 43.0 Å². The van der Waals surface area contributed by atoms with E-state index in [0.29, 0.717) is 6.54 Å². The highest BCUT2D eigenvalue weighted by atomic mass is 19.1. The van der Waals surface area contributed by atoms with Crippen molar-refractivity contribution in [3.63, 3.8) is 0 Å². The average molecular weight is 397 g/mol. The molecule has 0 aliphatic carbocycles. The molecule has 5 rings (SSSR count). The maximum atomic E-state index is 13.2. The first-order valence-electron chi connectivity index (χ1n) is 9.76. The fraction of sp³-hybridized carbons (Fsp3) is 0.0800. The molecule has 0 aliphatic rings. The molecule has 1 atom stereocenters. The predicted molar refractivity (Wildman–Crippen MR) is 117 cm³/mol. The third kappa shape index (κ3) is 3.00. The molecule has 0 bridgehead atoms. The third-order valence-electron chi connectivity index (χ3n) is 5.42. The molecule has 0 amide bonds. The number of hydrogen-bond donors (Lipinski definition) is 1. The van der Waals surface area contributed by atoms with Gasteiger partial charge in [0.25, 0.3) is 0 Å². The van der Waals surface area contributed by atoms with Gasteiger partial charge in [-0.3, -0.25) is 0 Å². The number of halogens is 1. The maximum Gasteiger partial charge on any atom is 0.123 e. The third-order valence-corrected chi connectivity index (χ3v) is 5.42. The Bertz CT molecular complexity index is 1360. The number of hydrogen-bond acceptors (Lipinski definition) is 2. The smallest absolute Gasteiger partial charge is 0.123 e. The van der Waals surface area contributed by atoms with Crippen molar-refractivity contribution in [1.82, 2.24) is 14.3 Å². The van der Waals surface area contributed by atoms with Crippen LogP contribution in [-0.2, 0) is 6.54 Å². The Morgan fingerprint density at radius 1 is 1.03 bits per heavy atom. The van der Waals surface area contributed by atoms with Crippen LogP contribution in [-0.4, -0.2) is 19.5 Å². The number of allylic oxidation sites excluding steroid dienone is 1. The van der Waals surface area contributed by atoms with E-state index in [1.54, 1.807) is 23.0 Å². The van der Waals surface area contributed by atoms with Crippen LogP contribution in [0, 0.1) is 5.82 Å². The van der Waals surface area contributed by atoms with E-state index >= 15 is 0 Å². The molecule has 5 aromatic rings. The summed E-state index contributed by atoms with van der Waals surface area (Å²) in [5.41, 5.74) is 4.40. The van der Waals surface area contributed by atoms with E-state index in [1.165, 1.54) is 12.1 Å². The van der Waals surface area contributed by atoms with Gasteiger partial charge in [-0.2, -0.15) is 5.10 Å². The van der Waals surface area contributed by atoms with Gasteiger partial charge in [-0.25, -0.2) is 9.07 Å². The highest BCUT2D eigenvalue weighted by Gasteiger charge is 2.18. The molecule has 30 heavy (non-hydrogen) atoms. The number of nitrogens with zero attached hydrogens (tertiary/aromatic N) is 3. The summed E-state index contributed by atoms with van der Waals surface area (Å²) in [5, 5.41) is 17.6. The van der Waals surface area contributed by atoms with Gasteiger partial charge in [0, 0.05) is 34.6 Å². The fourth-order valence-corrected chi connectivity index (χ4v) is 3.97. The number of benzene rings is 3. The highest BCUT2D eigenvalue weighted by Crippen LogP contribution is 2.32. The Balaban J connectivity index is 1.56. The summed E-state index contributed by atoms with van der Waals surface area (Å²) in [7, 11) is 0. The molecule has 2 heterocycles. The summed E-state index contributed by atoms with van der Waals surface area (Å²) in [4.78, 5) is 0. The van der Waals surface area contributed by atoms with Crippen LogP contribution >= 0.6 is 0 Å². The molecule has 0 radical (unpaired) electrons. The van der Waals surface area contributed by atoms with E-state index in [9.17, 15) is 9.50 Å². The number of fused-ring (bicyclic) bond motifs is 2. The van der Waals surface area contributed by atoms with Crippen molar-refractivity contribution < 1.29 is 9.50 Å². The molecule has 3 aromatic carbocycles. The van der Waals surface area contributed by atoms with E-state index in [2.05, 4.69) is 16.2 Å². The van der Waals surface area contributed by atoms with E-state index in [-0.39, 0.29) is 5.82 Å². The number of aliphatic hydroxyl groups is 1. The second kappa shape index (κ2) is 7.28. The maximum absolute atomic E-state index is 13.2. The first kappa shape index (κ1) is 18.3. The molecule has 2 aromatic heterocycles. The standard InChI is InChI=1S/C25H20FN3O/c1-2-13-28-16-22(21-5-3-4-6-24(21)28)25(30)17-7-12-23-18(14-17)15-27-29(23)20-10-8-19(26)9-11-20/h2-12,14-16,25,30H,1,13H2. The van der Waals surface area contributed by atoms with Crippen LogP contribution in [0.1, 0.15) is 17.2 Å². The van der Waals surface area contributed by atoms with Crippen LogP contribution in [0.4, 0.5) is 4.39 Å². The van der Waals surface area contributed by atoms with Crippen LogP contribution in [0.3, 0.4) is 0 Å². The summed E-state index contributed by atoms with van der Waals surface area (Å²) >= 11 is 0. The van der Waals surface area contributed by atoms with E-state index in [1.807, 2.05) is 54.7 Å². The molecule has 5 heteroatoms. The Labute approximate surface area is 173 Å². The number of rotatable bonds is 5. The lowest BCUT2D eigenvalue weighted by molar-refractivity contribution is 0.222. The van der Waals surface area contributed by atoms with Crippen LogP contribution < -0.4 is 0 Å². The molecule has 0 fully saturated rings. The molecule has 0 saturated heterocycles. The highest BCUT2D eigenvalue weighted by molar-refractivity contribution is 5.86. The summed E-state index contributed by atoms with van der Waals surface area (Å²) in [6.07, 6.45) is 4.83. The Hall–Kier alpha value is -3.70. The van der Waals surface area contributed by atoms with Gasteiger partial charge in [0.1, 0.15) is 11.9 Å². The van der Waals surface area contributed by atoms with E-state index in [0.717, 1.165) is 38.6 Å². The molecule has 0 spiro atoms. The zero-order valence-corrected chi connectivity index (χ0v) is 16.2. The van der Waals surface area contributed by atoms with Crippen LogP contribution in [0.2, 0.25) is 0 Å². The lowest BCUT2D eigenvalue weighted by Gasteiger charge is -2.11.